The second kappa shape index (κ2) is 8.18. The SMILES string of the molecule is CC(C)CCNC(=O)C(C)NCc1cccc(Cl)c1. The molecule has 0 spiro atoms. The predicted molar refractivity (Wildman–Crippen MR) is 80.2 cm³/mol. The third kappa shape index (κ3) is 6.60. The highest BCUT2D eigenvalue weighted by molar-refractivity contribution is 6.30. The Morgan fingerprint density at radius 2 is 2.05 bits per heavy atom. The van der Waals surface area contributed by atoms with E-state index in [1.807, 2.05) is 31.2 Å². The van der Waals surface area contributed by atoms with Crippen molar-refractivity contribution in [2.75, 3.05) is 6.54 Å². The van der Waals surface area contributed by atoms with Crippen molar-refractivity contribution >= 4 is 17.5 Å². The van der Waals surface area contributed by atoms with Crippen LogP contribution in [0.3, 0.4) is 0 Å². The van der Waals surface area contributed by atoms with Crippen LogP contribution in [0, 0.1) is 5.92 Å². The molecular formula is C15H23ClN2O. The van der Waals surface area contributed by atoms with Gasteiger partial charge in [-0.3, -0.25) is 4.79 Å². The summed E-state index contributed by atoms with van der Waals surface area (Å²) in [6.45, 7) is 7.54. The van der Waals surface area contributed by atoms with E-state index in [0.717, 1.165) is 18.5 Å². The number of amides is 1. The molecule has 1 aromatic rings. The molecule has 0 heterocycles. The minimum Gasteiger partial charge on any atom is -0.355 e. The largest absolute Gasteiger partial charge is 0.355 e. The maximum atomic E-state index is 11.8. The van der Waals surface area contributed by atoms with E-state index in [0.29, 0.717) is 17.5 Å². The van der Waals surface area contributed by atoms with Gasteiger partial charge in [0.1, 0.15) is 0 Å². The first-order valence-electron chi connectivity index (χ1n) is 6.74. The van der Waals surface area contributed by atoms with Crippen molar-refractivity contribution in [3.63, 3.8) is 0 Å². The summed E-state index contributed by atoms with van der Waals surface area (Å²) < 4.78 is 0. The van der Waals surface area contributed by atoms with Crippen LogP contribution in [0.2, 0.25) is 5.02 Å². The molecule has 0 saturated carbocycles. The van der Waals surface area contributed by atoms with Crippen molar-refractivity contribution in [3.05, 3.63) is 34.9 Å². The fraction of sp³-hybridized carbons (Fsp3) is 0.533. The van der Waals surface area contributed by atoms with E-state index in [9.17, 15) is 4.79 Å². The van der Waals surface area contributed by atoms with Gasteiger partial charge in [0.05, 0.1) is 6.04 Å². The molecule has 0 bridgehead atoms. The summed E-state index contributed by atoms with van der Waals surface area (Å²) in [7, 11) is 0. The van der Waals surface area contributed by atoms with Gasteiger partial charge in [0.2, 0.25) is 5.91 Å². The zero-order valence-electron chi connectivity index (χ0n) is 11.9. The Labute approximate surface area is 120 Å². The molecule has 4 heteroatoms. The van der Waals surface area contributed by atoms with Gasteiger partial charge in [-0.15, -0.1) is 0 Å². The number of halogens is 1. The van der Waals surface area contributed by atoms with Crippen molar-refractivity contribution in [1.29, 1.82) is 0 Å². The van der Waals surface area contributed by atoms with Crippen molar-refractivity contribution in [3.8, 4) is 0 Å². The van der Waals surface area contributed by atoms with Crippen molar-refractivity contribution in [1.82, 2.24) is 10.6 Å². The lowest BCUT2D eigenvalue weighted by Gasteiger charge is -2.14. The highest BCUT2D eigenvalue weighted by atomic mass is 35.5. The van der Waals surface area contributed by atoms with Crippen LogP contribution in [-0.4, -0.2) is 18.5 Å². The summed E-state index contributed by atoms with van der Waals surface area (Å²) >= 11 is 5.91. The smallest absolute Gasteiger partial charge is 0.236 e. The molecule has 2 N–H and O–H groups in total. The summed E-state index contributed by atoms with van der Waals surface area (Å²) in [5, 5.41) is 6.84. The predicted octanol–water partition coefficient (Wildman–Crippen LogP) is 2.98. The Hall–Kier alpha value is -1.06. The van der Waals surface area contributed by atoms with E-state index >= 15 is 0 Å². The quantitative estimate of drug-likeness (QED) is 0.807. The normalized spacial score (nSPS) is 12.5. The maximum Gasteiger partial charge on any atom is 0.236 e. The minimum atomic E-state index is -0.203. The second-order valence-electron chi connectivity index (χ2n) is 5.21. The van der Waals surface area contributed by atoms with Gasteiger partial charge in [-0.2, -0.15) is 0 Å². The molecule has 0 fully saturated rings. The zero-order chi connectivity index (χ0) is 14.3. The van der Waals surface area contributed by atoms with Gasteiger partial charge < -0.3 is 10.6 Å². The summed E-state index contributed by atoms with van der Waals surface area (Å²) in [5.74, 6) is 0.651. The molecule has 1 rings (SSSR count). The third-order valence-electron chi connectivity index (χ3n) is 2.92. The van der Waals surface area contributed by atoms with Crippen molar-refractivity contribution in [2.24, 2.45) is 5.92 Å². The molecule has 19 heavy (non-hydrogen) atoms. The molecule has 3 nitrogen and oxygen atoms in total. The molecule has 0 radical (unpaired) electrons. The molecule has 0 aromatic heterocycles. The molecule has 1 atom stereocenters. The molecule has 0 aliphatic heterocycles. The average Bonchev–Trinajstić information content (AvgIpc) is 2.35. The summed E-state index contributed by atoms with van der Waals surface area (Å²) in [4.78, 5) is 11.8. The standard InChI is InChI=1S/C15H23ClN2O/c1-11(2)7-8-17-15(19)12(3)18-10-13-5-4-6-14(16)9-13/h4-6,9,11-12,18H,7-8,10H2,1-3H3,(H,17,19). The topological polar surface area (TPSA) is 41.1 Å². The number of benzene rings is 1. The fourth-order valence-electron chi connectivity index (χ4n) is 1.65. The molecular weight excluding hydrogens is 260 g/mol. The van der Waals surface area contributed by atoms with E-state index in [-0.39, 0.29) is 11.9 Å². The Morgan fingerprint density at radius 1 is 1.32 bits per heavy atom. The van der Waals surface area contributed by atoms with Gasteiger partial charge in [-0.25, -0.2) is 0 Å². The monoisotopic (exact) mass is 282 g/mol. The number of nitrogens with one attached hydrogen (secondary N) is 2. The third-order valence-corrected chi connectivity index (χ3v) is 3.15. The van der Waals surface area contributed by atoms with E-state index in [4.69, 9.17) is 11.6 Å². The molecule has 106 valence electrons. The second-order valence-corrected chi connectivity index (χ2v) is 5.64. The lowest BCUT2D eigenvalue weighted by atomic mass is 10.1. The Balaban J connectivity index is 2.30. The number of carbonyl (C=O) groups is 1. The maximum absolute atomic E-state index is 11.8. The molecule has 0 aliphatic rings. The van der Waals surface area contributed by atoms with Crippen LogP contribution in [-0.2, 0) is 11.3 Å². The average molecular weight is 283 g/mol. The van der Waals surface area contributed by atoms with Crippen LogP contribution >= 0.6 is 11.6 Å². The van der Waals surface area contributed by atoms with E-state index in [2.05, 4.69) is 24.5 Å². The number of hydrogen-bond donors (Lipinski definition) is 2. The van der Waals surface area contributed by atoms with E-state index in [1.165, 1.54) is 0 Å². The van der Waals surface area contributed by atoms with Crippen molar-refractivity contribution < 1.29 is 4.79 Å². The van der Waals surface area contributed by atoms with Gasteiger partial charge in [0.15, 0.2) is 0 Å². The van der Waals surface area contributed by atoms with Gasteiger partial charge >= 0.3 is 0 Å². The number of rotatable bonds is 7. The lowest BCUT2D eigenvalue weighted by molar-refractivity contribution is -0.122. The first-order valence-corrected chi connectivity index (χ1v) is 7.12. The Bertz CT molecular complexity index is 407. The van der Waals surface area contributed by atoms with Gasteiger partial charge in [-0.1, -0.05) is 37.6 Å². The summed E-state index contributed by atoms with van der Waals surface area (Å²) in [6.07, 6.45) is 1.01. The van der Waals surface area contributed by atoms with Crippen LogP contribution in [0.1, 0.15) is 32.8 Å². The molecule has 0 saturated heterocycles. The fourth-order valence-corrected chi connectivity index (χ4v) is 1.86. The van der Waals surface area contributed by atoms with Gasteiger partial charge in [0, 0.05) is 18.1 Å². The molecule has 1 aromatic carbocycles. The lowest BCUT2D eigenvalue weighted by Crippen LogP contribution is -2.42. The van der Waals surface area contributed by atoms with Crippen molar-refractivity contribution in [2.45, 2.75) is 39.8 Å². The minimum absolute atomic E-state index is 0.0441. The first-order chi connectivity index (χ1) is 8.99. The summed E-state index contributed by atoms with van der Waals surface area (Å²) in [5.41, 5.74) is 1.08. The zero-order valence-corrected chi connectivity index (χ0v) is 12.6. The van der Waals surface area contributed by atoms with Gasteiger partial charge in [-0.05, 0) is 37.0 Å². The molecule has 0 aliphatic carbocycles. The van der Waals surface area contributed by atoms with Crippen LogP contribution in [0.4, 0.5) is 0 Å². The number of hydrogen-bond acceptors (Lipinski definition) is 2. The highest BCUT2D eigenvalue weighted by Crippen LogP contribution is 2.10. The van der Waals surface area contributed by atoms with Crippen LogP contribution in [0.15, 0.2) is 24.3 Å². The highest BCUT2D eigenvalue weighted by Gasteiger charge is 2.11. The van der Waals surface area contributed by atoms with E-state index in [1.54, 1.807) is 0 Å². The summed E-state index contributed by atoms with van der Waals surface area (Å²) in [6, 6.07) is 7.44. The van der Waals surface area contributed by atoms with Gasteiger partial charge in [0.25, 0.3) is 0 Å². The van der Waals surface area contributed by atoms with Crippen LogP contribution < -0.4 is 10.6 Å². The Kier molecular flexibility index (Phi) is 6.89. The molecule has 1 amide bonds. The number of carbonyl (C=O) groups excluding carboxylic acids is 1. The molecule has 1 unspecified atom stereocenters. The van der Waals surface area contributed by atoms with E-state index < -0.39 is 0 Å². The van der Waals surface area contributed by atoms with Crippen LogP contribution in [0.25, 0.3) is 0 Å². The first kappa shape index (κ1) is 16.0. The van der Waals surface area contributed by atoms with Crippen LogP contribution in [0.5, 0.6) is 0 Å². The Morgan fingerprint density at radius 3 is 2.68 bits per heavy atom.